The van der Waals surface area contributed by atoms with Crippen LogP contribution >= 0.6 is 0 Å². The number of fused-ring (bicyclic) bond motifs is 1. The highest BCUT2D eigenvalue weighted by Crippen LogP contribution is 2.16. The van der Waals surface area contributed by atoms with Crippen LogP contribution in [0, 0.1) is 0 Å². The van der Waals surface area contributed by atoms with E-state index in [2.05, 4.69) is 15.0 Å². The van der Waals surface area contributed by atoms with Gasteiger partial charge < -0.3 is 19.5 Å². The molecule has 0 saturated carbocycles. The molecular weight excluding hydrogens is 236 g/mol. The zero-order chi connectivity index (χ0) is 13.0. The Morgan fingerprint density at radius 1 is 1.50 bits per heavy atom. The summed E-state index contributed by atoms with van der Waals surface area (Å²) in [6, 6.07) is 3.18. The van der Waals surface area contributed by atoms with Gasteiger partial charge >= 0.3 is 12.1 Å². The number of hydrogen-bond acceptors (Lipinski definition) is 4. The maximum atomic E-state index is 11.6. The van der Waals surface area contributed by atoms with Crippen LogP contribution in [0.3, 0.4) is 0 Å². The Hall–Kier alpha value is -2.24. The molecule has 0 unspecified atom stereocenters. The van der Waals surface area contributed by atoms with Gasteiger partial charge in [-0.05, 0) is 6.42 Å². The molecule has 0 aromatic carbocycles. The molecule has 0 fully saturated rings. The molecule has 0 aliphatic rings. The number of esters is 1. The van der Waals surface area contributed by atoms with Crippen LogP contribution in [0.4, 0.5) is 4.79 Å². The Morgan fingerprint density at radius 2 is 2.33 bits per heavy atom. The van der Waals surface area contributed by atoms with Gasteiger partial charge in [0.15, 0.2) is 5.58 Å². The fourth-order valence-corrected chi connectivity index (χ4v) is 1.50. The molecule has 0 spiro atoms. The van der Waals surface area contributed by atoms with Crippen LogP contribution in [0.25, 0.3) is 11.1 Å². The number of unbranched alkanes of at least 4 members (excludes halogenated alkanes) is 1. The lowest BCUT2D eigenvalue weighted by molar-refractivity contribution is 0.0617. The molecule has 18 heavy (non-hydrogen) atoms. The van der Waals surface area contributed by atoms with Crippen molar-refractivity contribution in [3.63, 3.8) is 0 Å². The first kappa shape index (κ1) is 12.2. The van der Waals surface area contributed by atoms with E-state index in [4.69, 9.17) is 4.42 Å². The fraction of sp³-hybridized carbons (Fsp3) is 0.333. The van der Waals surface area contributed by atoms with Crippen LogP contribution in [0.1, 0.15) is 30.3 Å². The van der Waals surface area contributed by atoms with E-state index in [-0.39, 0.29) is 5.69 Å². The Morgan fingerprint density at radius 3 is 3.06 bits per heavy atom. The van der Waals surface area contributed by atoms with E-state index in [9.17, 15) is 9.59 Å². The smallest absolute Gasteiger partial charge is 0.415 e. The topological polar surface area (TPSA) is 84.3 Å². The molecule has 0 aliphatic heterocycles. The molecule has 2 aromatic rings. The molecule has 0 saturated heterocycles. The summed E-state index contributed by atoms with van der Waals surface area (Å²) in [4.78, 5) is 25.7. The summed E-state index contributed by atoms with van der Waals surface area (Å²) in [5.41, 5.74) is 1.43. The third-order valence-corrected chi connectivity index (χ3v) is 2.44. The van der Waals surface area contributed by atoms with Crippen molar-refractivity contribution in [2.45, 2.75) is 19.8 Å². The number of H-pyrrole nitrogens is 1. The van der Waals surface area contributed by atoms with Gasteiger partial charge in [-0.3, -0.25) is 0 Å². The number of carbonyl (C=O) groups excluding carboxylic acids is 2. The average Bonchev–Trinajstić information content (AvgIpc) is 2.89. The Bertz CT molecular complexity index is 527. The lowest BCUT2D eigenvalue weighted by Gasteiger charge is -2.03. The van der Waals surface area contributed by atoms with Gasteiger partial charge in [-0.1, -0.05) is 13.3 Å². The van der Waals surface area contributed by atoms with E-state index in [1.807, 2.05) is 6.92 Å². The van der Waals surface area contributed by atoms with Gasteiger partial charge in [-0.2, -0.15) is 0 Å². The number of alkyl carbamates (subject to hydrolysis) is 1. The SMILES string of the molecule is CCCCNC(=O)OC(=O)c1cc2occc2[nH]1. The summed E-state index contributed by atoms with van der Waals surface area (Å²) in [6.07, 6.45) is 2.58. The van der Waals surface area contributed by atoms with Gasteiger partial charge in [-0.25, -0.2) is 9.59 Å². The monoisotopic (exact) mass is 250 g/mol. The van der Waals surface area contributed by atoms with Gasteiger partial charge in [0, 0.05) is 18.7 Å². The Balaban J connectivity index is 1.91. The first-order valence-electron chi connectivity index (χ1n) is 5.77. The molecule has 0 radical (unpaired) electrons. The second kappa shape index (κ2) is 5.39. The first-order valence-corrected chi connectivity index (χ1v) is 5.77. The molecule has 0 aliphatic carbocycles. The molecule has 6 nitrogen and oxygen atoms in total. The lowest BCUT2D eigenvalue weighted by atomic mass is 10.3. The number of amides is 1. The standard InChI is InChI=1S/C12H14N2O4/c1-2-3-5-13-12(16)18-11(15)9-7-10-8(14-9)4-6-17-10/h4,6-7,14H,2-3,5H2,1H3,(H,13,16). The zero-order valence-electron chi connectivity index (χ0n) is 9.99. The predicted molar refractivity (Wildman–Crippen MR) is 64.3 cm³/mol. The minimum absolute atomic E-state index is 0.190. The number of rotatable bonds is 4. The summed E-state index contributed by atoms with van der Waals surface area (Å²) in [5, 5.41) is 2.49. The van der Waals surface area contributed by atoms with Crippen LogP contribution < -0.4 is 5.32 Å². The highest BCUT2D eigenvalue weighted by molar-refractivity contribution is 5.98. The van der Waals surface area contributed by atoms with Crippen LogP contribution in [-0.4, -0.2) is 23.6 Å². The summed E-state index contributed by atoms with van der Waals surface area (Å²) in [6.45, 7) is 2.50. The molecule has 2 rings (SSSR count). The summed E-state index contributed by atoms with van der Waals surface area (Å²) < 4.78 is 9.71. The second-order valence-corrected chi connectivity index (χ2v) is 3.84. The van der Waals surface area contributed by atoms with Crippen molar-refractivity contribution in [2.24, 2.45) is 0 Å². The number of ether oxygens (including phenoxy) is 1. The number of nitrogens with one attached hydrogen (secondary N) is 2. The highest BCUT2D eigenvalue weighted by Gasteiger charge is 2.15. The predicted octanol–water partition coefficient (Wildman–Crippen LogP) is 2.43. The first-order chi connectivity index (χ1) is 8.70. The molecule has 2 heterocycles. The van der Waals surface area contributed by atoms with Crippen molar-refractivity contribution in [3.05, 3.63) is 24.1 Å². The van der Waals surface area contributed by atoms with Gasteiger partial charge in [-0.15, -0.1) is 0 Å². The third kappa shape index (κ3) is 2.71. The van der Waals surface area contributed by atoms with E-state index in [0.29, 0.717) is 17.6 Å². The minimum atomic E-state index is -0.736. The molecule has 1 amide bonds. The third-order valence-electron chi connectivity index (χ3n) is 2.44. The van der Waals surface area contributed by atoms with E-state index >= 15 is 0 Å². The summed E-state index contributed by atoms with van der Waals surface area (Å²) in [5.74, 6) is -0.726. The van der Waals surface area contributed by atoms with Crippen molar-refractivity contribution in [2.75, 3.05) is 6.54 Å². The molecule has 96 valence electrons. The van der Waals surface area contributed by atoms with Crippen LogP contribution in [-0.2, 0) is 4.74 Å². The summed E-state index contributed by atoms with van der Waals surface area (Å²) >= 11 is 0. The minimum Gasteiger partial charge on any atom is -0.463 e. The maximum Gasteiger partial charge on any atom is 0.415 e. The number of carbonyl (C=O) groups is 2. The quantitative estimate of drug-likeness (QED) is 0.496. The average molecular weight is 250 g/mol. The number of furan rings is 1. The van der Waals surface area contributed by atoms with Gasteiger partial charge in [0.1, 0.15) is 5.69 Å². The van der Waals surface area contributed by atoms with Crippen LogP contribution in [0.5, 0.6) is 0 Å². The maximum absolute atomic E-state index is 11.6. The van der Waals surface area contributed by atoms with E-state index in [0.717, 1.165) is 12.8 Å². The van der Waals surface area contributed by atoms with Gasteiger partial charge in [0.05, 0.1) is 11.8 Å². The normalized spacial score (nSPS) is 10.5. The Labute approximate surface area is 103 Å². The molecule has 0 atom stereocenters. The zero-order valence-corrected chi connectivity index (χ0v) is 9.99. The number of aromatic amines is 1. The molecular formula is C12H14N2O4. The van der Waals surface area contributed by atoms with Crippen molar-refractivity contribution in [1.82, 2.24) is 10.3 Å². The molecule has 2 aromatic heterocycles. The van der Waals surface area contributed by atoms with Crippen molar-refractivity contribution in [3.8, 4) is 0 Å². The molecule has 6 heteroatoms. The van der Waals surface area contributed by atoms with Gasteiger partial charge in [0.25, 0.3) is 0 Å². The largest absolute Gasteiger partial charge is 0.463 e. The second-order valence-electron chi connectivity index (χ2n) is 3.84. The van der Waals surface area contributed by atoms with Crippen LogP contribution in [0.15, 0.2) is 22.8 Å². The van der Waals surface area contributed by atoms with Crippen molar-refractivity contribution >= 4 is 23.2 Å². The lowest BCUT2D eigenvalue weighted by Crippen LogP contribution is -2.27. The number of hydrogen-bond donors (Lipinski definition) is 2. The van der Waals surface area contributed by atoms with Crippen LogP contribution in [0.2, 0.25) is 0 Å². The summed E-state index contributed by atoms with van der Waals surface area (Å²) in [7, 11) is 0. The number of aromatic nitrogens is 1. The Kier molecular flexibility index (Phi) is 3.66. The molecule has 2 N–H and O–H groups in total. The molecule has 0 bridgehead atoms. The fourth-order valence-electron chi connectivity index (χ4n) is 1.50. The van der Waals surface area contributed by atoms with E-state index in [1.54, 1.807) is 6.07 Å². The van der Waals surface area contributed by atoms with Crippen molar-refractivity contribution in [1.29, 1.82) is 0 Å². The van der Waals surface area contributed by atoms with E-state index in [1.165, 1.54) is 12.3 Å². The van der Waals surface area contributed by atoms with Crippen molar-refractivity contribution < 1.29 is 18.7 Å². The highest BCUT2D eigenvalue weighted by atomic mass is 16.6. The van der Waals surface area contributed by atoms with Gasteiger partial charge in [0.2, 0.25) is 0 Å². The van der Waals surface area contributed by atoms with E-state index < -0.39 is 12.1 Å².